The van der Waals surface area contributed by atoms with Crippen LogP contribution >= 0.6 is 0 Å². The summed E-state index contributed by atoms with van der Waals surface area (Å²) in [5.41, 5.74) is 12.2. The summed E-state index contributed by atoms with van der Waals surface area (Å²) < 4.78 is 0. The highest BCUT2D eigenvalue weighted by Crippen LogP contribution is 2.43. The predicted molar refractivity (Wildman–Crippen MR) is 72.4 cm³/mol. The van der Waals surface area contributed by atoms with E-state index < -0.39 is 0 Å². The van der Waals surface area contributed by atoms with E-state index in [1.165, 1.54) is 12.8 Å². The number of amides is 1. The van der Waals surface area contributed by atoms with E-state index in [-0.39, 0.29) is 23.8 Å². The van der Waals surface area contributed by atoms with Crippen LogP contribution in [0.5, 0.6) is 0 Å². The minimum Gasteiger partial charge on any atom is -0.369 e. The third-order valence-electron chi connectivity index (χ3n) is 4.06. The number of nitrogen functional groups attached to an aromatic ring is 1. The minimum absolute atomic E-state index is 0.0734. The van der Waals surface area contributed by atoms with Crippen molar-refractivity contribution in [2.24, 2.45) is 11.7 Å². The van der Waals surface area contributed by atoms with Gasteiger partial charge in [-0.05, 0) is 31.6 Å². The molecule has 2 aliphatic rings. The normalized spacial score (nSPS) is 26.3. The summed E-state index contributed by atoms with van der Waals surface area (Å²) in [4.78, 5) is 19.8. The first-order chi connectivity index (χ1) is 9.15. The van der Waals surface area contributed by atoms with Crippen LogP contribution in [0.3, 0.4) is 0 Å². The maximum atomic E-state index is 11.4. The average Bonchev–Trinajstić information content (AvgIpc) is 3.09. The van der Waals surface area contributed by atoms with Crippen LogP contribution in [0.25, 0.3) is 0 Å². The maximum Gasteiger partial charge on any atom is 0.222 e. The summed E-state index contributed by atoms with van der Waals surface area (Å²) in [6.07, 6.45) is 6.97. The Balaban J connectivity index is 1.82. The number of nitrogens with one attached hydrogen (secondary N) is 1. The zero-order valence-corrected chi connectivity index (χ0v) is 10.8. The molecule has 2 saturated carbocycles. The van der Waals surface area contributed by atoms with Gasteiger partial charge in [0, 0.05) is 17.8 Å². The molecule has 0 aromatic carbocycles. The summed E-state index contributed by atoms with van der Waals surface area (Å²) in [7, 11) is 0. The van der Waals surface area contributed by atoms with Crippen LogP contribution in [-0.4, -0.2) is 21.9 Å². The number of rotatable bonds is 4. The SMILES string of the molecule is NC(=O)[C@H]1CCC[C@H]1Nc1nc(N)ncc1C1CC1. The van der Waals surface area contributed by atoms with E-state index in [2.05, 4.69) is 15.3 Å². The van der Waals surface area contributed by atoms with Crippen molar-refractivity contribution in [3.05, 3.63) is 11.8 Å². The Morgan fingerprint density at radius 1 is 1.32 bits per heavy atom. The average molecular weight is 261 g/mol. The number of hydrogen-bond acceptors (Lipinski definition) is 5. The van der Waals surface area contributed by atoms with Crippen LogP contribution in [0.2, 0.25) is 0 Å². The zero-order chi connectivity index (χ0) is 13.4. The van der Waals surface area contributed by atoms with Crippen molar-refractivity contribution < 1.29 is 4.79 Å². The van der Waals surface area contributed by atoms with Gasteiger partial charge < -0.3 is 16.8 Å². The zero-order valence-electron chi connectivity index (χ0n) is 10.8. The Labute approximate surface area is 112 Å². The Morgan fingerprint density at radius 3 is 2.79 bits per heavy atom. The summed E-state index contributed by atoms with van der Waals surface area (Å²) >= 11 is 0. The summed E-state index contributed by atoms with van der Waals surface area (Å²) in [6, 6.07) is 0.0734. The highest BCUT2D eigenvalue weighted by molar-refractivity contribution is 5.78. The highest BCUT2D eigenvalue weighted by Gasteiger charge is 2.34. The Bertz CT molecular complexity index is 500. The molecule has 19 heavy (non-hydrogen) atoms. The molecule has 1 aromatic heterocycles. The highest BCUT2D eigenvalue weighted by atomic mass is 16.1. The van der Waals surface area contributed by atoms with Crippen molar-refractivity contribution in [3.63, 3.8) is 0 Å². The molecular formula is C13H19N5O. The lowest BCUT2D eigenvalue weighted by atomic mass is 10.0. The fraction of sp³-hybridized carbons (Fsp3) is 0.615. The van der Waals surface area contributed by atoms with Gasteiger partial charge in [-0.1, -0.05) is 6.42 Å². The lowest BCUT2D eigenvalue weighted by molar-refractivity contribution is -0.121. The van der Waals surface area contributed by atoms with E-state index >= 15 is 0 Å². The van der Waals surface area contributed by atoms with Gasteiger partial charge in [0.25, 0.3) is 0 Å². The first-order valence-corrected chi connectivity index (χ1v) is 6.83. The summed E-state index contributed by atoms with van der Waals surface area (Å²) in [5, 5.41) is 3.37. The molecule has 6 heteroatoms. The topological polar surface area (TPSA) is 107 Å². The van der Waals surface area contributed by atoms with Crippen molar-refractivity contribution in [1.82, 2.24) is 9.97 Å². The summed E-state index contributed by atoms with van der Waals surface area (Å²) in [5.74, 6) is 1.25. The van der Waals surface area contributed by atoms with Crippen LogP contribution in [0.1, 0.15) is 43.6 Å². The van der Waals surface area contributed by atoms with Crippen LogP contribution in [0.15, 0.2) is 6.20 Å². The van der Waals surface area contributed by atoms with Crippen LogP contribution in [0, 0.1) is 5.92 Å². The molecule has 3 rings (SSSR count). The number of hydrogen-bond donors (Lipinski definition) is 3. The molecule has 1 aromatic rings. The molecule has 102 valence electrons. The first kappa shape index (κ1) is 12.2. The molecule has 1 heterocycles. The van der Waals surface area contributed by atoms with Crippen molar-refractivity contribution >= 4 is 17.7 Å². The number of nitrogens with zero attached hydrogens (tertiary/aromatic N) is 2. The fourth-order valence-corrected chi connectivity index (χ4v) is 2.86. The summed E-state index contributed by atoms with van der Waals surface area (Å²) in [6.45, 7) is 0. The molecule has 0 saturated heterocycles. The molecular weight excluding hydrogens is 242 g/mol. The number of aromatic nitrogens is 2. The van der Waals surface area contributed by atoms with Crippen molar-refractivity contribution in [3.8, 4) is 0 Å². The van der Waals surface area contributed by atoms with Crippen LogP contribution < -0.4 is 16.8 Å². The second kappa shape index (κ2) is 4.68. The van der Waals surface area contributed by atoms with Crippen LogP contribution in [-0.2, 0) is 4.79 Å². The third-order valence-corrected chi connectivity index (χ3v) is 4.06. The van der Waals surface area contributed by atoms with Gasteiger partial charge in [0.05, 0.1) is 5.92 Å². The van der Waals surface area contributed by atoms with Gasteiger partial charge in [-0.25, -0.2) is 4.98 Å². The quantitative estimate of drug-likeness (QED) is 0.749. The van der Waals surface area contributed by atoms with E-state index in [9.17, 15) is 4.79 Å². The van der Waals surface area contributed by atoms with Gasteiger partial charge in [-0.3, -0.25) is 4.79 Å². The van der Waals surface area contributed by atoms with Crippen LogP contribution in [0.4, 0.5) is 11.8 Å². The largest absolute Gasteiger partial charge is 0.369 e. The predicted octanol–water partition coefficient (Wildman–Crippen LogP) is 1.00. The monoisotopic (exact) mass is 261 g/mol. The molecule has 0 bridgehead atoms. The lowest BCUT2D eigenvalue weighted by Gasteiger charge is -2.20. The smallest absolute Gasteiger partial charge is 0.222 e. The van der Waals surface area contributed by atoms with Crippen molar-refractivity contribution in [2.75, 3.05) is 11.1 Å². The Morgan fingerprint density at radius 2 is 2.11 bits per heavy atom. The molecule has 6 nitrogen and oxygen atoms in total. The molecule has 2 atom stereocenters. The Kier molecular flexibility index (Phi) is 3.00. The van der Waals surface area contributed by atoms with Gasteiger partial charge in [-0.2, -0.15) is 4.98 Å². The Hall–Kier alpha value is -1.85. The number of anilines is 2. The second-order valence-corrected chi connectivity index (χ2v) is 5.50. The first-order valence-electron chi connectivity index (χ1n) is 6.83. The second-order valence-electron chi connectivity index (χ2n) is 5.50. The molecule has 0 spiro atoms. The van der Waals surface area contributed by atoms with E-state index in [1.54, 1.807) is 6.20 Å². The third kappa shape index (κ3) is 2.47. The molecule has 0 radical (unpaired) electrons. The van der Waals surface area contributed by atoms with E-state index in [4.69, 9.17) is 11.5 Å². The number of carbonyl (C=O) groups is 1. The maximum absolute atomic E-state index is 11.4. The van der Waals surface area contributed by atoms with E-state index in [0.717, 1.165) is 30.6 Å². The lowest BCUT2D eigenvalue weighted by Crippen LogP contribution is -2.34. The number of primary amides is 1. The van der Waals surface area contributed by atoms with Crippen molar-refractivity contribution in [2.45, 2.75) is 44.1 Å². The fourth-order valence-electron chi connectivity index (χ4n) is 2.86. The van der Waals surface area contributed by atoms with Gasteiger partial charge in [0.1, 0.15) is 5.82 Å². The van der Waals surface area contributed by atoms with E-state index in [1.807, 2.05) is 0 Å². The van der Waals surface area contributed by atoms with Crippen molar-refractivity contribution in [1.29, 1.82) is 0 Å². The van der Waals surface area contributed by atoms with E-state index in [0.29, 0.717) is 5.92 Å². The molecule has 1 amide bonds. The van der Waals surface area contributed by atoms with Gasteiger partial charge >= 0.3 is 0 Å². The standard InChI is InChI=1S/C13H19N5O/c14-11(19)8-2-1-3-10(8)17-12-9(7-4-5-7)6-16-13(15)18-12/h6-8,10H,1-5H2,(H2,14,19)(H3,15,16,17,18)/t8-,10+/m0/s1. The molecule has 0 aliphatic heterocycles. The van der Waals surface area contributed by atoms with Gasteiger partial charge in [0.2, 0.25) is 11.9 Å². The minimum atomic E-state index is -0.231. The molecule has 0 unspecified atom stereocenters. The molecule has 2 fully saturated rings. The van der Waals surface area contributed by atoms with Gasteiger partial charge in [-0.15, -0.1) is 0 Å². The molecule has 2 aliphatic carbocycles. The number of carbonyl (C=O) groups excluding carboxylic acids is 1. The van der Waals surface area contributed by atoms with Gasteiger partial charge in [0.15, 0.2) is 0 Å². The number of nitrogens with two attached hydrogens (primary N) is 2. The molecule has 5 N–H and O–H groups in total.